The Kier molecular flexibility index (Phi) is 5.42. The average molecular weight is 417 g/mol. The Morgan fingerprint density at radius 3 is 2.53 bits per heavy atom. The van der Waals surface area contributed by atoms with Crippen molar-refractivity contribution in [3.8, 4) is 0 Å². The number of fused-ring (bicyclic) bond motifs is 1. The third kappa shape index (κ3) is 4.14. The summed E-state index contributed by atoms with van der Waals surface area (Å²) in [7, 11) is 0. The topological polar surface area (TPSA) is 54.6 Å². The van der Waals surface area contributed by atoms with Crippen LogP contribution in [-0.4, -0.2) is 5.91 Å². The van der Waals surface area contributed by atoms with Gasteiger partial charge in [-0.3, -0.25) is 4.79 Å². The zero-order valence-electron chi connectivity index (χ0n) is 17.0. The maximum absolute atomic E-state index is 13.2. The summed E-state index contributed by atoms with van der Waals surface area (Å²) in [4.78, 5) is 17.8. The average Bonchev–Trinajstić information content (AvgIpc) is 2.72. The van der Waals surface area contributed by atoms with Crippen molar-refractivity contribution in [2.24, 2.45) is 4.99 Å². The van der Waals surface area contributed by atoms with Crippen molar-refractivity contribution in [3.05, 3.63) is 99.6 Å². The second-order valence-corrected chi connectivity index (χ2v) is 7.75. The van der Waals surface area contributed by atoms with E-state index in [1.54, 1.807) is 18.2 Å². The van der Waals surface area contributed by atoms with Crippen LogP contribution in [0.4, 0.5) is 11.4 Å². The molecule has 0 saturated heterocycles. The van der Waals surface area contributed by atoms with E-state index in [0.29, 0.717) is 21.9 Å². The van der Waals surface area contributed by atoms with Gasteiger partial charge in [0.15, 0.2) is 0 Å². The quantitative estimate of drug-likeness (QED) is 0.414. The normalized spacial score (nSPS) is 11.7. The highest BCUT2D eigenvalue weighted by Crippen LogP contribution is 2.23. The lowest BCUT2D eigenvalue weighted by Crippen LogP contribution is -2.22. The lowest BCUT2D eigenvalue weighted by Gasteiger charge is -2.10. The number of para-hydroxylation sites is 1. The zero-order chi connectivity index (χ0) is 21.3. The third-order valence-electron chi connectivity index (χ3n) is 4.92. The number of carbonyl (C=O) groups is 1. The molecule has 0 aliphatic carbocycles. The largest absolute Gasteiger partial charge is 0.438 e. The van der Waals surface area contributed by atoms with E-state index in [0.717, 1.165) is 27.8 Å². The van der Waals surface area contributed by atoms with E-state index >= 15 is 0 Å². The summed E-state index contributed by atoms with van der Waals surface area (Å²) >= 11 is 6.15. The number of aryl methyl sites for hydroxylation is 3. The molecule has 4 nitrogen and oxygen atoms in total. The lowest BCUT2D eigenvalue weighted by atomic mass is 10.1. The zero-order valence-corrected chi connectivity index (χ0v) is 17.7. The molecule has 5 heteroatoms. The van der Waals surface area contributed by atoms with E-state index in [1.165, 1.54) is 0 Å². The smallest absolute Gasteiger partial charge is 0.261 e. The molecule has 0 aliphatic heterocycles. The first-order valence-corrected chi connectivity index (χ1v) is 10.0. The van der Waals surface area contributed by atoms with Crippen molar-refractivity contribution >= 4 is 39.9 Å². The SMILES string of the molecule is Cc1ccc(NC(=O)c2cc3ccccc3oc2=Nc2cc(Cl)ccc2C)c(C)c1. The molecule has 0 unspecified atom stereocenters. The van der Waals surface area contributed by atoms with E-state index in [2.05, 4.69) is 10.3 Å². The summed E-state index contributed by atoms with van der Waals surface area (Å²) < 4.78 is 6.03. The Balaban J connectivity index is 1.87. The molecule has 0 aliphatic rings. The van der Waals surface area contributed by atoms with Gasteiger partial charge in [-0.05, 0) is 62.2 Å². The second-order valence-electron chi connectivity index (χ2n) is 7.32. The molecule has 1 heterocycles. The maximum atomic E-state index is 13.2. The van der Waals surface area contributed by atoms with Crippen LogP contribution in [0.2, 0.25) is 5.02 Å². The third-order valence-corrected chi connectivity index (χ3v) is 5.16. The summed E-state index contributed by atoms with van der Waals surface area (Å²) in [5, 5.41) is 4.38. The molecule has 3 aromatic carbocycles. The van der Waals surface area contributed by atoms with Crippen LogP contribution in [-0.2, 0) is 0 Å². The summed E-state index contributed by atoms with van der Waals surface area (Å²) in [5.41, 5.74) is 5.71. The molecule has 0 spiro atoms. The number of rotatable bonds is 3. The number of amides is 1. The van der Waals surface area contributed by atoms with Crippen LogP contribution in [0.3, 0.4) is 0 Å². The van der Waals surface area contributed by atoms with Gasteiger partial charge < -0.3 is 9.73 Å². The van der Waals surface area contributed by atoms with Crippen molar-refractivity contribution < 1.29 is 9.21 Å². The number of nitrogens with one attached hydrogen (secondary N) is 1. The molecular formula is C25H21ClN2O2. The number of anilines is 1. The van der Waals surface area contributed by atoms with Gasteiger partial charge >= 0.3 is 0 Å². The summed E-state index contributed by atoms with van der Waals surface area (Å²) in [6.07, 6.45) is 0. The minimum absolute atomic E-state index is 0.237. The fourth-order valence-corrected chi connectivity index (χ4v) is 3.44. The van der Waals surface area contributed by atoms with E-state index in [-0.39, 0.29) is 11.5 Å². The number of hydrogen-bond acceptors (Lipinski definition) is 3. The molecule has 0 atom stereocenters. The van der Waals surface area contributed by atoms with Gasteiger partial charge in [0.2, 0.25) is 5.55 Å². The molecule has 30 heavy (non-hydrogen) atoms. The maximum Gasteiger partial charge on any atom is 0.261 e. The van der Waals surface area contributed by atoms with Crippen LogP contribution in [0, 0.1) is 20.8 Å². The lowest BCUT2D eigenvalue weighted by molar-refractivity contribution is 0.102. The van der Waals surface area contributed by atoms with E-state index in [1.807, 2.05) is 69.3 Å². The van der Waals surface area contributed by atoms with Crippen LogP contribution in [0.15, 0.2) is 76.1 Å². The summed E-state index contributed by atoms with van der Waals surface area (Å²) in [5.74, 6) is -0.283. The summed E-state index contributed by atoms with van der Waals surface area (Å²) in [6.45, 7) is 5.92. The second kappa shape index (κ2) is 8.17. The van der Waals surface area contributed by atoms with Gasteiger partial charge in [0.05, 0.1) is 5.69 Å². The highest BCUT2D eigenvalue weighted by molar-refractivity contribution is 6.30. The van der Waals surface area contributed by atoms with Gasteiger partial charge in [-0.15, -0.1) is 0 Å². The highest BCUT2D eigenvalue weighted by Gasteiger charge is 2.14. The monoisotopic (exact) mass is 416 g/mol. The molecule has 1 N–H and O–H groups in total. The van der Waals surface area contributed by atoms with Crippen molar-refractivity contribution in [2.45, 2.75) is 20.8 Å². The van der Waals surface area contributed by atoms with Gasteiger partial charge in [0, 0.05) is 16.1 Å². The Labute approximate surface area is 179 Å². The molecule has 0 bridgehead atoms. The Morgan fingerprint density at radius 2 is 1.73 bits per heavy atom. The molecule has 4 rings (SSSR count). The standard InChI is InChI=1S/C25H21ClN2O2/c1-15-8-11-21(17(3)12-15)27-24(29)20-13-18-6-4-5-7-23(18)30-25(20)28-22-14-19(26)10-9-16(22)2/h4-14H,1-3H3,(H,27,29). The molecule has 4 aromatic rings. The summed E-state index contributed by atoms with van der Waals surface area (Å²) in [6, 6.07) is 20.7. The van der Waals surface area contributed by atoms with Crippen molar-refractivity contribution in [2.75, 3.05) is 5.32 Å². The number of nitrogens with zero attached hydrogens (tertiary/aromatic N) is 1. The minimum Gasteiger partial charge on any atom is -0.438 e. The van der Waals surface area contributed by atoms with Gasteiger partial charge in [-0.1, -0.05) is 53.6 Å². The first kappa shape index (κ1) is 19.9. The van der Waals surface area contributed by atoms with Crippen LogP contribution < -0.4 is 10.9 Å². The number of benzene rings is 3. The van der Waals surface area contributed by atoms with Crippen molar-refractivity contribution in [1.29, 1.82) is 0 Å². The van der Waals surface area contributed by atoms with Crippen LogP contribution in [0.5, 0.6) is 0 Å². The van der Waals surface area contributed by atoms with Crippen molar-refractivity contribution in [1.82, 2.24) is 0 Å². The molecule has 0 saturated carbocycles. The van der Waals surface area contributed by atoms with E-state index < -0.39 is 0 Å². The van der Waals surface area contributed by atoms with E-state index in [4.69, 9.17) is 16.0 Å². The van der Waals surface area contributed by atoms with E-state index in [9.17, 15) is 4.79 Å². The van der Waals surface area contributed by atoms with Gasteiger partial charge in [0.25, 0.3) is 5.91 Å². The fourth-order valence-electron chi connectivity index (χ4n) is 3.27. The van der Waals surface area contributed by atoms with Gasteiger partial charge in [0.1, 0.15) is 11.1 Å². The Bertz CT molecular complexity index is 1340. The van der Waals surface area contributed by atoms with Crippen LogP contribution >= 0.6 is 11.6 Å². The number of hydrogen-bond donors (Lipinski definition) is 1. The molecular weight excluding hydrogens is 396 g/mol. The molecule has 0 radical (unpaired) electrons. The van der Waals surface area contributed by atoms with Crippen LogP contribution in [0.25, 0.3) is 11.0 Å². The minimum atomic E-state index is -0.283. The predicted molar refractivity (Wildman–Crippen MR) is 121 cm³/mol. The number of carbonyl (C=O) groups excluding carboxylic acids is 1. The van der Waals surface area contributed by atoms with Crippen LogP contribution in [0.1, 0.15) is 27.0 Å². The number of halogens is 1. The Hall–Kier alpha value is -3.37. The van der Waals surface area contributed by atoms with Gasteiger partial charge in [-0.2, -0.15) is 0 Å². The first-order chi connectivity index (χ1) is 14.4. The molecule has 150 valence electrons. The molecule has 1 amide bonds. The molecule has 1 aromatic heterocycles. The van der Waals surface area contributed by atoms with Crippen molar-refractivity contribution in [3.63, 3.8) is 0 Å². The fraction of sp³-hybridized carbons (Fsp3) is 0.120. The first-order valence-electron chi connectivity index (χ1n) is 9.63. The highest BCUT2D eigenvalue weighted by atomic mass is 35.5. The molecule has 0 fully saturated rings. The predicted octanol–water partition coefficient (Wildman–Crippen LogP) is 6.50. The Morgan fingerprint density at radius 1 is 0.933 bits per heavy atom. The van der Waals surface area contributed by atoms with Gasteiger partial charge in [-0.25, -0.2) is 4.99 Å².